The molecule has 0 saturated heterocycles. The third-order valence-electron chi connectivity index (χ3n) is 6.13. The molecule has 1 atom stereocenters. The van der Waals surface area contributed by atoms with Crippen LogP contribution in [0.4, 0.5) is 30.4 Å². The van der Waals surface area contributed by atoms with Crippen LogP contribution in [0.25, 0.3) is 0 Å². The molecule has 1 aromatic heterocycles. The van der Waals surface area contributed by atoms with Crippen LogP contribution in [0, 0.1) is 28.8 Å². The van der Waals surface area contributed by atoms with Crippen molar-refractivity contribution in [1.82, 2.24) is 4.98 Å². The molecule has 40 heavy (non-hydrogen) atoms. The zero-order chi connectivity index (χ0) is 29.0. The molecule has 1 aliphatic rings. The molecule has 208 valence electrons. The van der Waals surface area contributed by atoms with Gasteiger partial charge in [0.15, 0.2) is 17.4 Å². The lowest BCUT2D eigenvalue weighted by Crippen LogP contribution is -2.35. The van der Waals surface area contributed by atoms with E-state index >= 15 is 0 Å². The minimum Gasteiger partial charge on any atom is -0.481 e. The van der Waals surface area contributed by atoms with Gasteiger partial charge in [0, 0.05) is 36.0 Å². The van der Waals surface area contributed by atoms with Crippen molar-refractivity contribution in [2.45, 2.75) is 26.2 Å². The summed E-state index contributed by atoms with van der Waals surface area (Å²) in [5, 5.41) is 16.0. The van der Waals surface area contributed by atoms with E-state index in [4.69, 9.17) is 9.84 Å². The van der Waals surface area contributed by atoms with Gasteiger partial charge in [0.05, 0.1) is 12.1 Å². The summed E-state index contributed by atoms with van der Waals surface area (Å²) >= 11 is 0. The fourth-order valence-corrected chi connectivity index (χ4v) is 3.68. The van der Waals surface area contributed by atoms with Gasteiger partial charge in [-0.05, 0) is 43.2 Å². The zero-order valence-corrected chi connectivity index (χ0v) is 21.0. The molecule has 0 radical (unpaired) electrons. The van der Waals surface area contributed by atoms with Crippen LogP contribution in [-0.4, -0.2) is 33.8 Å². The standard InChI is InChI=1S/C27H23F3N4O6/c1-14(10-23(35)36)24(37)34-22-11-17(6-9-31-22)40-21-13-18(29)20(12-19(21)30)33-26(39)27(7-8-27)25(38)32-16-4-2-15(28)3-5-16/h2-6,9,11-14H,7-8,10H2,1H3,(H,32,38)(H,33,39)(H,35,36)(H,31,34,37)/t14-/m0/s1. The van der Waals surface area contributed by atoms with Gasteiger partial charge < -0.3 is 25.8 Å². The molecule has 2 aromatic carbocycles. The number of hydrogen-bond acceptors (Lipinski definition) is 6. The summed E-state index contributed by atoms with van der Waals surface area (Å²) in [7, 11) is 0. The Morgan fingerprint density at radius 1 is 0.950 bits per heavy atom. The molecule has 0 spiro atoms. The Balaban J connectivity index is 1.42. The fourth-order valence-electron chi connectivity index (χ4n) is 3.68. The van der Waals surface area contributed by atoms with Crippen LogP contribution in [0.15, 0.2) is 54.7 Å². The number of nitrogens with one attached hydrogen (secondary N) is 3. The van der Waals surface area contributed by atoms with Crippen molar-refractivity contribution in [3.05, 3.63) is 72.2 Å². The molecule has 0 unspecified atom stereocenters. The van der Waals surface area contributed by atoms with E-state index in [1.54, 1.807) is 0 Å². The number of rotatable bonds is 10. The fraction of sp³-hybridized carbons (Fsp3) is 0.222. The lowest BCUT2D eigenvalue weighted by atomic mass is 10.0. The number of aliphatic carboxylic acids is 1. The number of nitrogens with zero attached hydrogens (tertiary/aromatic N) is 1. The van der Waals surface area contributed by atoms with Crippen LogP contribution in [-0.2, 0) is 19.2 Å². The summed E-state index contributed by atoms with van der Waals surface area (Å²) in [6, 6.07) is 8.90. The Kier molecular flexibility index (Phi) is 8.03. The molecule has 0 bridgehead atoms. The van der Waals surface area contributed by atoms with E-state index in [2.05, 4.69) is 20.9 Å². The average Bonchev–Trinajstić information content (AvgIpc) is 3.71. The number of hydrogen-bond donors (Lipinski definition) is 4. The summed E-state index contributed by atoms with van der Waals surface area (Å²) < 4.78 is 48.1. The predicted octanol–water partition coefficient (Wildman–Crippen LogP) is 4.70. The lowest BCUT2D eigenvalue weighted by molar-refractivity contribution is -0.140. The molecule has 4 N–H and O–H groups in total. The molecule has 3 aromatic rings. The number of amides is 3. The lowest BCUT2D eigenvalue weighted by Gasteiger charge is -2.16. The van der Waals surface area contributed by atoms with Crippen LogP contribution in [0.3, 0.4) is 0 Å². The first-order chi connectivity index (χ1) is 19.0. The van der Waals surface area contributed by atoms with Crippen molar-refractivity contribution in [3.63, 3.8) is 0 Å². The maximum Gasteiger partial charge on any atom is 0.304 e. The Hall–Kier alpha value is -4.94. The number of pyridine rings is 1. The number of benzene rings is 2. The molecular formula is C27H23F3N4O6. The van der Waals surface area contributed by atoms with Gasteiger partial charge in [-0.3, -0.25) is 19.2 Å². The molecule has 1 aliphatic carbocycles. The van der Waals surface area contributed by atoms with E-state index in [9.17, 15) is 32.3 Å². The molecule has 10 nitrogen and oxygen atoms in total. The molecule has 1 heterocycles. The second-order valence-corrected chi connectivity index (χ2v) is 9.23. The van der Waals surface area contributed by atoms with E-state index in [0.717, 1.165) is 12.1 Å². The second kappa shape index (κ2) is 11.4. The van der Waals surface area contributed by atoms with Gasteiger partial charge in [-0.15, -0.1) is 0 Å². The quantitative estimate of drug-likeness (QED) is 0.265. The topological polar surface area (TPSA) is 147 Å². The maximum atomic E-state index is 14.8. The van der Waals surface area contributed by atoms with Crippen LogP contribution in [0.2, 0.25) is 0 Å². The van der Waals surface area contributed by atoms with Crippen LogP contribution >= 0.6 is 0 Å². The normalized spacial score (nSPS) is 14.0. The first kappa shape index (κ1) is 28.1. The number of anilines is 3. The number of carboxylic acids is 1. The average molecular weight is 556 g/mol. The Morgan fingerprint density at radius 2 is 1.62 bits per heavy atom. The van der Waals surface area contributed by atoms with Gasteiger partial charge in [0.2, 0.25) is 17.7 Å². The predicted molar refractivity (Wildman–Crippen MR) is 136 cm³/mol. The summed E-state index contributed by atoms with van der Waals surface area (Å²) in [6.07, 6.45) is 1.22. The van der Waals surface area contributed by atoms with Crippen molar-refractivity contribution >= 4 is 40.9 Å². The summed E-state index contributed by atoms with van der Waals surface area (Å²) in [5.74, 6) is -7.20. The molecule has 3 amide bonds. The van der Waals surface area contributed by atoms with Crippen LogP contribution in [0.1, 0.15) is 26.2 Å². The van der Waals surface area contributed by atoms with Gasteiger partial charge in [-0.25, -0.2) is 18.2 Å². The van der Waals surface area contributed by atoms with E-state index in [-0.39, 0.29) is 30.1 Å². The third-order valence-corrected chi connectivity index (χ3v) is 6.13. The zero-order valence-electron chi connectivity index (χ0n) is 21.0. The molecule has 0 aliphatic heterocycles. The monoisotopic (exact) mass is 556 g/mol. The van der Waals surface area contributed by atoms with E-state index < -0.39 is 70.3 Å². The van der Waals surface area contributed by atoms with Gasteiger partial charge in [-0.1, -0.05) is 6.92 Å². The maximum absolute atomic E-state index is 14.8. The molecule has 13 heteroatoms. The minimum atomic E-state index is -1.48. The number of carbonyl (C=O) groups is 4. The summed E-state index contributed by atoms with van der Waals surface area (Å²) in [6.45, 7) is 1.42. The second-order valence-electron chi connectivity index (χ2n) is 9.23. The first-order valence-corrected chi connectivity index (χ1v) is 12.0. The van der Waals surface area contributed by atoms with Crippen molar-refractivity contribution in [3.8, 4) is 11.5 Å². The Bertz CT molecular complexity index is 1480. The number of aromatic nitrogens is 1. The third kappa shape index (κ3) is 6.54. The van der Waals surface area contributed by atoms with Crippen molar-refractivity contribution in [2.75, 3.05) is 16.0 Å². The van der Waals surface area contributed by atoms with Crippen molar-refractivity contribution in [2.24, 2.45) is 11.3 Å². The van der Waals surface area contributed by atoms with E-state index in [1.807, 2.05) is 0 Å². The van der Waals surface area contributed by atoms with Gasteiger partial charge in [0.25, 0.3) is 0 Å². The highest BCUT2D eigenvalue weighted by atomic mass is 19.1. The molecule has 1 saturated carbocycles. The minimum absolute atomic E-state index is 0.00172. The highest BCUT2D eigenvalue weighted by Gasteiger charge is 2.56. The molecular weight excluding hydrogens is 533 g/mol. The Morgan fingerprint density at radius 3 is 2.27 bits per heavy atom. The van der Waals surface area contributed by atoms with E-state index in [0.29, 0.717) is 12.1 Å². The highest BCUT2D eigenvalue weighted by Crippen LogP contribution is 2.47. The summed E-state index contributed by atoms with van der Waals surface area (Å²) in [5.41, 5.74) is -1.71. The van der Waals surface area contributed by atoms with Gasteiger partial charge >= 0.3 is 5.97 Å². The van der Waals surface area contributed by atoms with E-state index in [1.165, 1.54) is 37.4 Å². The summed E-state index contributed by atoms with van der Waals surface area (Å²) in [4.78, 5) is 52.4. The Labute approximate surface area is 225 Å². The smallest absolute Gasteiger partial charge is 0.304 e. The van der Waals surface area contributed by atoms with Crippen LogP contribution in [0.5, 0.6) is 11.5 Å². The highest BCUT2D eigenvalue weighted by molar-refractivity contribution is 6.17. The largest absolute Gasteiger partial charge is 0.481 e. The SMILES string of the molecule is C[C@@H](CC(=O)O)C(=O)Nc1cc(Oc2cc(F)c(NC(=O)C3(C(=O)Nc4ccc(F)cc4)CC3)cc2F)ccn1. The number of ether oxygens (including phenoxy) is 1. The van der Waals surface area contributed by atoms with Crippen molar-refractivity contribution in [1.29, 1.82) is 0 Å². The van der Waals surface area contributed by atoms with Crippen molar-refractivity contribution < 1.29 is 42.2 Å². The molecule has 4 rings (SSSR count). The van der Waals surface area contributed by atoms with Crippen LogP contribution < -0.4 is 20.7 Å². The van der Waals surface area contributed by atoms with Gasteiger partial charge in [0.1, 0.15) is 22.8 Å². The van der Waals surface area contributed by atoms with Gasteiger partial charge in [-0.2, -0.15) is 0 Å². The number of halogens is 3. The number of carbonyl (C=O) groups excluding carboxylic acids is 3. The molecule has 1 fully saturated rings. The first-order valence-electron chi connectivity index (χ1n) is 12.0. The number of carboxylic acid groups (broad SMARTS) is 1.